The third-order valence-electron chi connectivity index (χ3n) is 7.32. The summed E-state index contributed by atoms with van der Waals surface area (Å²) < 4.78 is 5.01. The van der Waals surface area contributed by atoms with Crippen molar-refractivity contribution in [1.29, 1.82) is 0 Å². The quantitative estimate of drug-likeness (QED) is 0.628. The van der Waals surface area contributed by atoms with Gasteiger partial charge in [-0.1, -0.05) is 20.8 Å². The molecule has 0 aromatic heterocycles. The molecule has 7 atom stereocenters. The molecule has 2 amide bonds. The van der Waals surface area contributed by atoms with E-state index in [1.165, 1.54) is 0 Å². The molecule has 2 fully saturated rings. The Morgan fingerprint density at radius 3 is 2.45 bits per heavy atom. The van der Waals surface area contributed by atoms with E-state index in [4.69, 9.17) is 4.74 Å². The molecule has 0 aromatic rings. The molecule has 0 radical (unpaired) electrons. The first-order chi connectivity index (χ1) is 13.4. The van der Waals surface area contributed by atoms with Gasteiger partial charge in [-0.25, -0.2) is 0 Å². The van der Waals surface area contributed by atoms with Crippen LogP contribution in [0.3, 0.4) is 0 Å². The third-order valence-corrected chi connectivity index (χ3v) is 7.32. The maximum Gasteiger partial charge on any atom is 0.223 e. The molecule has 6 nitrogen and oxygen atoms in total. The number of amides is 2. The summed E-state index contributed by atoms with van der Waals surface area (Å²) in [5.74, 6) is -0.0351. The lowest BCUT2D eigenvalue weighted by Gasteiger charge is -2.56. The highest BCUT2D eigenvalue weighted by molar-refractivity contribution is 5.79. The maximum atomic E-state index is 12.7. The SMILES string of the molecule is COCCC(=O)N[C@H]1CC[C@]2(C)CC[C@H]([C@H](C)C(=O)NC(C)(C)C)[C@H](O)[C@H]2[C@@H]1C. The Balaban J connectivity index is 2.11. The summed E-state index contributed by atoms with van der Waals surface area (Å²) in [6.07, 6.45) is 3.62. The molecule has 2 aliphatic rings. The van der Waals surface area contributed by atoms with Crippen LogP contribution in [-0.2, 0) is 14.3 Å². The lowest BCUT2D eigenvalue weighted by atomic mass is 9.51. The van der Waals surface area contributed by atoms with Crippen molar-refractivity contribution in [3.63, 3.8) is 0 Å². The van der Waals surface area contributed by atoms with Crippen LogP contribution in [0, 0.1) is 29.1 Å². The van der Waals surface area contributed by atoms with Crippen LogP contribution >= 0.6 is 0 Å². The van der Waals surface area contributed by atoms with Crippen molar-refractivity contribution in [3.8, 4) is 0 Å². The first-order valence-electron chi connectivity index (χ1n) is 11.2. The zero-order valence-corrected chi connectivity index (χ0v) is 19.4. The minimum atomic E-state index is -0.539. The molecular formula is C23H42N2O4. The van der Waals surface area contributed by atoms with Crippen LogP contribution < -0.4 is 10.6 Å². The summed E-state index contributed by atoms with van der Waals surface area (Å²) in [7, 11) is 1.59. The zero-order chi connectivity index (χ0) is 22.0. The predicted octanol–water partition coefficient (Wildman–Crippen LogP) is 2.88. The molecule has 168 valence electrons. The molecule has 2 aliphatic carbocycles. The smallest absolute Gasteiger partial charge is 0.223 e. The molecular weight excluding hydrogens is 368 g/mol. The van der Waals surface area contributed by atoms with Crippen LogP contribution in [0.15, 0.2) is 0 Å². The number of fused-ring (bicyclic) bond motifs is 1. The Hall–Kier alpha value is -1.14. The number of aliphatic hydroxyl groups excluding tert-OH is 1. The van der Waals surface area contributed by atoms with Crippen molar-refractivity contribution in [2.75, 3.05) is 13.7 Å². The fourth-order valence-electron chi connectivity index (χ4n) is 5.65. The summed E-state index contributed by atoms with van der Waals surface area (Å²) in [4.78, 5) is 25.0. The number of aliphatic hydroxyl groups is 1. The number of methoxy groups -OCH3 is 1. The van der Waals surface area contributed by atoms with Gasteiger partial charge in [0.05, 0.1) is 12.7 Å². The summed E-state index contributed by atoms with van der Waals surface area (Å²) >= 11 is 0. The Morgan fingerprint density at radius 2 is 1.86 bits per heavy atom. The van der Waals surface area contributed by atoms with E-state index in [0.29, 0.717) is 13.0 Å². The number of rotatable bonds is 6. The highest BCUT2D eigenvalue weighted by atomic mass is 16.5. The molecule has 2 rings (SSSR count). The fourth-order valence-corrected chi connectivity index (χ4v) is 5.65. The fraction of sp³-hybridized carbons (Fsp3) is 0.913. The normalized spacial score (nSPS) is 36.1. The third kappa shape index (κ3) is 5.72. The van der Waals surface area contributed by atoms with Gasteiger partial charge < -0.3 is 20.5 Å². The van der Waals surface area contributed by atoms with Gasteiger partial charge in [0.25, 0.3) is 0 Å². The van der Waals surface area contributed by atoms with Gasteiger partial charge in [-0.2, -0.15) is 0 Å². The van der Waals surface area contributed by atoms with Gasteiger partial charge >= 0.3 is 0 Å². The lowest BCUT2D eigenvalue weighted by molar-refractivity contribution is -0.144. The predicted molar refractivity (Wildman–Crippen MR) is 114 cm³/mol. The monoisotopic (exact) mass is 410 g/mol. The number of carbonyl (C=O) groups is 2. The Morgan fingerprint density at radius 1 is 1.24 bits per heavy atom. The Labute approximate surface area is 176 Å². The standard InChI is InChI=1S/C23H42N2O4/c1-14(21(28)25-22(3,4)5)16-8-11-23(6)12-9-17(15(2)19(23)20(16)27)24-18(26)10-13-29-7/h14-17,19-20,27H,8-13H2,1-7H3,(H,24,26)(H,25,28)/t14-,15+,16+,17-,19+,20-,23-/m0/s1. The van der Waals surface area contributed by atoms with E-state index in [2.05, 4.69) is 24.5 Å². The summed E-state index contributed by atoms with van der Waals surface area (Å²) in [6.45, 7) is 12.7. The van der Waals surface area contributed by atoms with E-state index < -0.39 is 6.10 Å². The zero-order valence-electron chi connectivity index (χ0n) is 19.4. The highest BCUT2D eigenvalue weighted by Crippen LogP contribution is 2.55. The van der Waals surface area contributed by atoms with Crippen LogP contribution in [0.5, 0.6) is 0 Å². The van der Waals surface area contributed by atoms with Crippen LogP contribution in [0.1, 0.15) is 73.6 Å². The van der Waals surface area contributed by atoms with Crippen molar-refractivity contribution < 1.29 is 19.4 Å². The molecule has 6 heteroatoms. The number of hydrogen-bond donors (Lipinski definition) is 3. The topological polar surface area (TPSA) is 87.7 Å². The average molecular weight is 411 g/mol. The van der Waals surface area contributed by atoms with Crippen LogP contribution in [0.25, 0.3) is 0 Å². The number of ether oxygens (including phenoxy) is 1. The Bertz CT molecular complexity index is 588. The van der Waals surface area contributed by atoms with Gasteiger partial charge in [-0.15, -0.1) is 0 Å². The van der Waals surface area contributed by atoms with E-state index >= 15 is 0 Å². The molecule has 0 aromatic carbocycles. The van der Waals surface area contributed by atoms with E-state index in [9.17, 15) is 14.7 Å². The molecule has 0 aliphatic heterocycles. The highest BCUT2D eigenvalue weighted by Gasteiger charge is 2.53. The first kappa shape index (κ1) is 24.1. The molecule has 0 bridgehead atoms. The maximum absolute atomic E-state index is 12.7. The second-order valence-corrected chi connectivity index (χ2v) is 10.7. The summed E-state index contributed by atoms with van der Waals surface area (Å²) in [5, 5.41) is 17.6. The summed E-state index contributed by atoms with van der Waals surface area (Å²) in [6, 6.07) is 0.0598. The van der Waals surface area contributed by atoms with Gasteiger partial charge in [0.15, 0.2) is 0 Å². The number of hydrogen-bond acceptors (Lipinski definition) is 4. The van der Waals surface area contributed by atoms with Gasteiger partial charge in [0.1, 0.15) is 0 Å². The van der Waals surface area contributed by atoms with E-state index in [1.54, 1.807) is 7.11 Å². The van der Waals surface area contributed by atoms with E-state index in [0.717, 1.165) is 25.7 Å². The lowest BCUT2D eigenvalue weighted by Crippen LogP contribution is -2.59. The second kappa shape index (κ2) is 9.34. The van der Waals surface area contributed by atoms with E-state index in [1.807, 2.05) is 27.7 Å². The minimum Gasteiger partial charge on any atom is -0.392 e. The van der Waals surface area contributed by atoms with Crippen LogP contribution in [0.2, 0.25) is 0 Å². The van der Waals surface area contributed by atoms with Crippen molar-refractivity contribution in [3.05, 3.63) is 0 Å². The summed E-state index contributed by atoms with van der Waals surface area (Å²) in [5.41, 5.74) is -0.224. The van der Waals surface area contributed by atoms with Crippen LogP contribution in [0.4, 0.5) is 0 Å². The van der Waals surface area contributed by atoms with Gasteiger partial charge in [0, 0.05) is 31.0 Å². The van der Waals surface area contributed by atoms with Gasteiger partial charge in [-0.3, -0.25) is 9.59 Å². The first-order valence-corrected chi connectivity index (χ1v) is 11.2. The molecule has 3 N–H and O–H groups in total. The molecule has 0 saturated heterocycles. The molecule has 0 unspecified atom stereocenters. The number of carbonyl (C=O) groups excluding carboxylic acids is 2. The van der Waals surface area contributed by atoms with Crippen molar-refractivity contribution in [2.24, 2.45) is 29.1 Å². The molecule has 29 heavy (non-hydrogen) atoms. The van der Waals surface area contributed by atoms with Gasteiger partial charge in [-0.05, 0) is 69.6 Å². The number of nitrogens with one attached hydrogen (secondary N) is 2. The van der Waals surface area contributed by atoms with Crippen molar-refractivity contribution >= 4 is 11.8 Å². The van der Waals surface area contributed by atoms with Crippen LogP contribution in [-0.4, -0.2) is 48.3 Å². The van der Waals surface area contributed by atoms with Crippen molar-refractivity contribution in [1.82, 2.24) is 10.6 Å². The van der Waals surface area contributed by atoms with Gasteiger partial charge in [0.2, 0.25) is 11.8 Å². The molecule has 0 spiro atoms. The molecule has 0 heterocycles. The largest absolute Gasteiger partial charge is 0.392 e. The van der Waals surface area contributed by atoms with E-state index in [-0.39, 0.29) is 52.5 Å². The average Bonchev–Trinajstić information content (AvgIpc) is 2.60. The van der Waals surface area contributed by atoms with Crippen molar-refractivity contribution in [2.45, 2.75) is 91.3 Å². The minimum absolute atomic E-state index is 0.00655. The molecule has 2 saturated carbocycles. The second-order valence-electron chi connectivity index (χ2n) is 10.7. The Kier molecular flexibility index (Phi) is 7.77.